The number of aromatic nitrogens is 4. The van der Waals surface area contributed by atoms with E-state index in [1.165, 1.54) is 6.07 Å². The first kappa shape index (κ1) is 22.1. The predicted molar refractivity (Wildman–Crippen MR) is 122 cm³/mol. The number of benzene rings is 1. The highest BCUT2D eigenvalue weighted by atomic mass is 19.1. The number of fused-ring (bicyclic) bond motifs is 1. The number of nitrogens with one attached hydrogen (secondary N) is 1. The second-order valence-corrected chi connectivity index (χ2v) is 8.04. The van der Waals surface area contributed by atoms with Crippen molar-refractivity contribution in [3.63, 3.8) is 0 Å². The van der Waals surface area contributed by atoms with Crippen molar-refractivity contribution in [2.45, 2.75) is 26.7 Å². The van der Waals surface area contributed by atoms with Gasteiger partial charge in [-0.25, -0.2) is 4.39 Å². The molecule has 0 radical (unpaired) electrons. The summed E-state index contributed by atoms with van der Waals surface area (Å²) in [4.78, 5) is 17.0. The van der Waals surface area contributed by atoms with E-state index in [1.54, 1.807) is 22.7 Å². The van der Waals surface area contributed by atoms with Crippen molar-refractivity contribution in [1.82, 2.24) is 30.0 Å². The summed E-state index contributed by atoms with van der Waals surface area (Å²) in [5.74, 6) is 0.955. The Hall–Kier alpha value is -3.07. The zero-order chi connectivity index (χ0) is 22.5. The highest BCUT2D eigenvalue weighted by Gasteiger charge is 2.26. The van der Waals surface area contributed by atoms with Crippen LogP contribution in [0, 0.1) is 11.7 Å². The number of anilines is 1. The van der Waals surface area contributed by atoms with Crippen molar-refractivity contribution >= 4 is 17.4 Å². The Morgan fingerprint density at radius 2 is 1.88 bits per heavy atom. The summed E-state index contributed by atoms with van der Waals surface area (Å²) >= 11 is 0. The van der Waals surface area contributed by atoms with E-state index < -0.39 is 0 Å². The van der Waals surface area contributed by atoms with Gasteiger partial charge in [0, 0.05) is 32.1 Å². The molecule has 0 saturated carbocycles. The second kappa shape index (κ2) is 10.0. The third-order valence-corrected chi connectivity index (χ3v) is 6.17. The average molecular weight is 440 g/mol. The summed E-state index contributed by atoms with van der Waals surface area (Å²) in [5, 5.41) is 16.0. The molecule has 4 rings (SSSR count). The minimum atomic E-state index is -0.359. The lowest BCUT2D eigenvalue weighted by Gasteiger charge is -2.32. The molecule has 0 bridgehead atoms. The number of piperidine rings is 1. The molecule has 8 nitrogen and oxygen atoms in total. The van der Waals surface area contributed by atoms with Crippen molar-refractivity contribution in [2.75, 3.05) is 44.2 Å². The number of likely N-dealkylation sites (N-methyl/N-ethyl adjacent to an activating group) is 1. The van der Waals surface area contributed by atoms with Crippen molar-refractivity contribution in [3.8, 4) is 11.4 Å². The van der Waals surface area contributed by atoms with Crippen molar-refractivity contribution in [3.05, 3.63) is 42.2 Å². The third-order valence-electron chi connectivity index (χ3n) is 6.17. The lowest BCUT2D eigenvalue weighted by Crippen LogP contribution is -2.43. The molecule has 3 aromatic rings. The van der Waals surface area contributed by atoms with Crippen LogP contribution < -0.4 is 10.2 Å². The minimum Gasteiger partial charge on any atom is -0.355 e. The standard InChI is InChI=1S/C23H30FN7O/c1-3-29(4-2)16-13-25-23(32)17-11-14-30(15-12-17)21-10-9-20-26-27-22(31(20)28-21)18-7-5-6-8-19(18)24/h5-10,17H,3-4,11-16H2,1-2H3,(H,25,32). The Morgan fingerprint density at radius 1 is 1.12 bits per heavy atom. The van der Waals surface area contributed by atoms with Gasteiger partial charge >= 0.3 is 0 Å². The van der Waals surface area contributed by atoms with E-state index in [9.17, 15) is 9.18 Å². The molecule has 1 N–H and O–H groups in total. The van der Waals surface area contributed by atoms with Gasteiger partial charge in [-0.15, -0.1) is 15.3 Å². The van der Waals surface area contributed by atoms with Crippen LogP contribution in [0.2, 0.25) is 0 Å². The lowest BCUT2D eigenvalue weighted by molar-refractivity contribution is -0.125. The van der Waals surface area contributed by atoms with E-state index in [4.69, 9.17) is 0 Å². The molecule has 3 heterocycles. The molecule has 1 saturated heterocycles. The first-order chi connectivity index (χ1) is 15.6. The summed E-state index contributed by atoms with van der Waals surface area (Å²) in [6, 6.07) is 10.2. The summed E-state index contributed by atoms with van der Waals surface area (Å²) < 4.78 is 15.9. The topological polar surface area (TPSA) is 78.7 Å². The molecule has 0 unspecified atom stereocenters. The van der Waals surface area contributed by atoms with E-state index in [2.05, 4.69) is 44.3 Å². The fourth-order valence-electron chi connectivity index (χ4n) is 4.15. The molecular formula is C23H30FN7O. The van der Waals surface area contributed by atoms with Crippen LogP contribution in [0.25, 0.3) is 17.0 Å². The van der Waals surface area contributed by atoms with Crippen LogP contribution in [0.1, 0.15) is 26.7 Å². The van der Waals surface area contributed by atoms with Gasteiger partial charge in [0.1, 0.15) is 11.6 Å². The summed E-state index contributed by atoms with van der Waals surface area (Å²) in [7, 11) is 0. The molecule has 9 heteroatoms. The van der Waals surface area contributed by atoms with Crippen molar-refractivity contribution in [1.29, 1.82) is 0 Å². The summed E-state index contributed by atoms with van der Waals surface area (Å²) in [6.07, 6.45) is 1.55. The molecule has 2 aromatic heterocycles. The summed E-state index contributed by atoms with van der Waals surface area (Å²) in [6.45, 7) is 9.29. The SMILES string of the molecule is CCN(CC)CCNC(=O)C1CCN(c2ccc3nnc(-c4ccccc4F)n3n2)CC1. The first-order valence-electron chi connectivity index (χ1n) is 11.3. The number of hydrogen-bond acceptors (Lipinski definition) is 6. The van der Waals surface area contributed by atoms with Crippen molar-refractivity contribution < 1.29 is 9.18 Å². The van der Waals surface area contributed by atoms with E-state index in [1.807, 2.05) is 12.1 Å². The smallest absolute Gasteiger partial charge is 0.223 e. The Morgan fingerprint density at radius 3 is 2.59 bits per heavy atom. The fourth-order valence-corrected chi connectivity index (χ4v) is 4.15. The van der Waals surface area contributed by atoms with Crippen LogP contribution in [0.15, 0.2) is 36.4 Å². The summed E-state index contributed by atoms with van der Waals surface area (Å²) in [5.41, 5.74) is 0.930. The molecule has 170 valence electrons. The molecule has 32 heavy (non-hydrogen) atoms. The van der Waals surface area contributed by atoms with Gasteiger partial charge in [-0.05, 0) is 50.2 Å². The number of halogens is 1. The van der Waals surface area contributed by atoms with Gasteiger partial charge in [0.15, 0.2) is 11.5 Å². The quantitative estimate of drug-likeness (QED) is 0.581. The van der Waals surface area contributed by atoms with Gasteiger partial charge in [-0.3, -0.25) is 4.79 Å². The van der Waals surface area contributed by atoms with Crippen LogP contribution in [0.3, 0.4) is 0 Å². The number of carbonyl (C=O) groups excluding carboxylic acids is 1. The molecule has 1 fully saturated rings. The highest BCUT2D eigenvalue weighted by molar-refractivity contribution is 5.79. The molecule has 0 atom stereocenters. The van der Waals surface area contributed by atoms with E-state index in [0.29, 0.717) is 23.6 Å². The fraction of sp³-hybridized carbons (Fsp3) is 0.478. The second-order valence-electron chi connectivity index (χ2n) is 8.04. The van der Waals surface area contributed by atoms with Gasteiger partial charge < -0.3 is 15.1 Å². The third kappa shape index (κ3) is 4.72. The van der Waals surface area contributed by atoms with Gasteiger partial charge in [0.25, 0.3) is 0 Å². The molecule has 1 amide bonds. The average Bonchev–Trinajstić information content (AvgIpc) is 3.25. The van der Waals surface area contributed by atoms with Crippen LogP contribution >= 0.6 is 0 Å². The predicted octanol–water partition coefficient (Wildman–Crippen LogP) is 2.60. The maximum absolute atomic E-state index is 14.3. The molecular weight excluding hydrogens is 409 g/mol. The van der Waals surface area contributed by atoms with E-state index in [-0.39, 0.29) is 17.6 Å². The molecule has 1 aromatic carbocycles. The van der Waals surface area contributed by atoms with Gasteiger partial charge in [0.2, 0.25) is 5.91 Å². The number of nitrogens with zero attached hydrogens (tertiary/aromatic N) is 6. The van der Waals surface area contributed by atoms with Gasteiger partial charge in [0.05, 0.1) is 5.56 Å². The lowest BCUT2D eigenvalue weighted by atomic mass is 9.96. The Balaban J connectivity index is 1.39. The minimum absolute atomic E-state index is 0.0237. The Kier molecular flexibility index (Phi) is 6.94. The van der Waals surface area contributed by atoms with E-state index in [0.717, 1.165) is 51.4 Å². The van der Waals surface area contributed by atoms with Crippen molar-refractivity contribution in [2.24, 2.45) is 5.92 Å². The largest absolute Gasteiger partial charge is 0.355 e. The zero-order valence-electron chi connectivity index (χ0n) is 18.7. The monoisotopic (exact) mass is 439 g/mol. The highest BCUT2D eigenvalue weighted by Crippen LogP contribution is 2.25. The number of carbonyl (C=O) groups is 1. The van der Waals surface area contributed by atoms with Crippen LogP contribution in [0.4, 0.5) is 10.2 Å². The molecule has 0 aliphatic carbocycles. The van der Waals surface area contributed by atoms with E-state index >= 15 is 0 Å². The number of hydrogen-bond donors (Lipinski definition) is 1. The Labute approximate surface area is 187 Å². The number of rotatable bonds is 8. The van der Waals surface area contributed by atoms with Gasteiger partial charge in [-0.1, -0.05) is 26.0 Å². The maximum Gasteiger partial charge on any atom is 0.223 e. The molecule has 1 aliphatic heterocycles. The Bertz CT molecular complexity index is 1060. The van der Waals surface area contributed by atoms with Crippen LogP contribution in [0.5, 0.6) is 0 Å². The number of amides is 1. The van der Waals surface area contributed by atoms with Crippen LogP contribution in [-0.4, -0.2) is 69.9 Å². The van der Waals surface area contributed by atoms with Crippen LogP contribution in [-0.2, 0) is 4.79 Å². The maximum atomic E-state index is 14.3. The zero-order valence-corrected chi connectivity index (χ0v) is 18.7. The molecule has 1 aliphatic rings. The van der Waals surface area contributed by atoms with Gasteiger partial charge in [-0.2, -0.15) is 4.52 Å². The normalized spacial score (nSPS) is 14.9. The first-order valence-corrected chi connectivity index (χ1v) is 11.3. The molecule has 0 spiro atoms.